The summed E-state index contributed by atoms with van der Waals surface area (Å²) in [7, 11) is 1.32. The lowest BCUT2D eigenvalue weighted by Crippen LogP contribution is -2.31. The molecule has 0 saturated carbocycles. The van der Waals surface area contributed by atoms with Crippen molar-refractivity contribution in [3.8, 4) is 65.9 Å². The molecule has 0 bridgehead atoms. The number of methoxy groups -OCH3 is 1. The third kappa shape index (κ3) is 11.5. The second kappa shape index (κ2) is 21.9. The molecule has 2 aromatic heterocycles. The van der Waals surface area contributed by atoms with Crippen LogP contribution in [0.25, 0.3) is 65.9 Å². The monoisotopic (exact) mass is 1040 g/mol. The summed E-state index contributed by atoms with van der Waals surface area (Å²) in [5.74, 6) is -2.74. The highest BCUT2D eigenvalue weighted by atomic mass is 35.5. The largest absolute Gasteiger partial charge is 0.478 e. The molecule has 1 aliphatic rings. The summed E-state index contributed by atoms with van der Waals surface area (Å²) in [6, 6.07) is 34.5. The molecule has 69 heavy (non-hydrogen) atoms. The van der Waals surface area contributed by atoms with E-state index in [2.05, 4.69) is 15.3 Å². The van der Waals surface area contributed by atoms with Gasteiger partial charge in [-0.2, -0.15) is 0 Å². The first kappa shape index (κ1) is 49.0. The summed E-state index contributed by atoms with van der Waals surface area (Å²) >= 11 is 27.1. The Labute approximate surface area is 423 Å². The van der Waals surface area contributed by atoms with Crippen molar-refractivity contribution in [2.45, 2.75) is 18.9 Å². The highest BCUT2D eigenvalue weighted by molar-refractivity contribution is 7.13. The number of benzene rings is 6. The molecule has 9 rings (SSSR count). The molecule has 3 heterocycles. The molecule has 1 saturated heterocycles. The molecule has 1 atom stereocenters. The number of carbonyl (C=O) groups excluding carboxylic acids is 2. The van der Waals surface area contributed by atoms with Gasteiger partial charge in [-0.3, -0.25) is 4.79 Å². The first-order valence-electron chi connectivity index (χ1n) is 21.0. The highest BCUT2D eigenvalue weighted by Crippen LogP contribution is 2.37. The predicted molar refractivity (Wildman–Crippen MR) is 273 cm³/mol. The average Bonchev–Trinajstić information content (AvgIpc) is 4.19. The molecule has 0 spiro atoms. The Kier molecular flexibility index (Phi) is 15.6. The molecular formula is C52H37Cl4N3O8S2. The van der Waals surface area contributed by atoms with Crippen molar-refractivity contribution < 1.29 is 38.9 Å². The van der Waals surface area contributed by atoms with Gasteiger partial charge in [0.1, 0.15) is 10.0 Å². The molecule has 11 nitrogen and oxygen atoms in total. The summed E-state index contributed by atoms with van der Waals surface area (Å²) < 4.78 is 10.5. The standard InChI is InChI=1S/C28H22Cl2N2O4S.C24H15Cl2NO4S/c29-23-10-8-18(13-24(23)30)25-15-37-27(32-25)19-7-9-21(22(12-19)28(34)35)16-3-5-17(6-4-16)26(33)31-14-20-2-1-11-36-20;1-31-24(30)18-10-16(6-8-17(18)13-2-4-14(5-3-13)23(28)29)22-27-21(12-32-22)15-7-9-19(25)20(26)11-15/h3-10,12-13,15,20H,1-2,11,14H2,(H,31,33)(H,34,35);2-12H,1H3,(H,28,29). The Morgan fingerprint density at radius 1 is 0.609 bits per heavy atom. The van der Waals surface area contributed by atoms with Crippen LogP contribution < -0.4 is 5.32 Å². The van der Waals surface area contributed by atoms with Crippen LogP contribution in [0.3, 0.4) is 0 Å². The Bertz CT molecular complexity index is 3230. The molecule has 3 N–H and O–H groups in total. The van der Waals surface area contributed by atoms with Crippen LogP contribution >= 0.6 is 69.1 Å². The van der Waals surface area contributed by atoms with Crippen molar-refractivity contribution in [2.24, 2.45) is 0 Å². The lowest BCUT2D eigenvalue weighted by atomic mass is 9.96. The highest BCUT2D eigenvalue weighted by Gasteiger charge is 2.20. The molecule has 8 aromatic rings. The van der Waals surface area contributed by atoms with E-state index in [-0.39, 0.29) is 23.1 Å². The summed E-state index contributed by atoms with van der Waals surface area (Å²) in [5, 5.41) is 29.0. The number of halogens is 4. The molecule has 1 aliphatic heterocycles. The minimum absolute atomic E-state index is 0.0674. The fourth-order valence-corrected chi connectivity index (χ4v) is 9.66. The van der Waals surface area contributed by atoms with Gasteiger partial charge in [0, 0.05) is 51.7 Å². The zero-order valence-corrected chi connectivity index (χ0v) is 40.8. The van der Waals surface area contributed by atoms with E-state index in [0.717, 1.165) is 52.5 Å². The van der Waals surface area contributed by atoms with E-state index < -0.39 is 17.9 Å². The maximum absolute atomic E-state index is 12.5. The van der Waals surface area contributed by atoms with Gasteiger partial charge >= 0.3 is 17.9 Å². The number of hydrogen-bond donors (Lipinski definition) is 3. The number of rotatable bonds is 12. The number of nitrogens with one attached hydrogen (secondary N) is 1. The van der Waals surface area contributed by atoms with Gasteiger partial charge in [0.2, 0.25) is 0 Å². The summed E-state index contributed by atoms with van der Waals surface area (Å²) in [6.07, 6.45) is 2.03. The second-order valence-electron chi connectivity index (χ2n) is 15.5. The number of hydrogen-bond acceptors (Lipinski definition) is 10. The Hall–Kier alpha value is -6.42. The van der Waals surface area contributed by atoms with Crippen molar-refractivity contribution in [2.75, 3.05) is 20.3 Å². The van der Waals surface area contributed by atoms with Crippen LogP contribution in [0, 0.1) is 0 Å². The number of nitrogens with zero attached hydrogens (tertiary/aromatic N) is 2. The maximum atomic E-state index is 12.5. The number of amides is 1. The lowest BCUT2D eigenvalue weighted by molar-refractivity contribution is 0.0599. The van der Waals surface area contributed by atoms with Gasteiger partial charge in [-0.25, -0.2) is 24.4 Å². The smallest absolute Gasteiger partial charge is 0.338 e. The first-order chi connectivity index (χ1) is 33.3. The Morgan fingerprint density at radius 3 is 1.55 bits per heavy atom. The van der Waals surface area contributed by atoms with Crippen LogP contribution in [0.1, 0.15) is 54.3 Å². The molecular weight excluding hydrogens is 1000 g/mol. The number of ether oxygens (including phenoxy) is 2. The predicted octanol–water partition coefficient (Wildman–Crippen LogP) is 14.0. The van der Waals surface area contributed by atoms with E-state index in [1.807, 2.05) is 35.0 Å². The van der Waals surface area contributed by atoms with Crippen molar-refractivity contribution in [3.05, 3.63) is 174 Å². The number of carboxylic acid groups (broad SMARTS) is 2. The molecule has 1 unspecified atom stereocenters. The number of carboxylic acids is 2. The minimum Gasteiger partial charge on any atom is -0.478 e. The topological polar surface area (TPSA) is 165 Å². The molecule has 6 aromatic carbocycles. The van der Waals surface area contributed by atoms with Crippen LogP contribution in [0.15, 0.2) is 132 Å². The van der Waals surface area contributed by atoms with Gasteiger partial charge in [-0.1, -0.05) is 107 Å². The van der Waals surface area contributed by atoms with Crippen LogP contribution in [-0.2, 0) is 9.47 Å². The third-order valence-electron chi connectivity index (χ3n) is 11.0. The van der Waals surface area contributed by atoms with E-state index in [9.17, 15) is 24.3 Å². The molecule has 348 valence electrons. The Morgan fingerprint density at radius 2 is 1.09 bits per heavy atom. The van der Waals surface area contributed by atoms with Crippen molar-refractivity contribution >= 4 is 92.9 Å². The van der Waals surface area contributed by atoms with Gasteiger partial charge in [-0.05, 0) is 95.8 Å². The van der Waals surface area contributed by atoms with Crippen LogP contribution in [-0.4, -0.2) is 70.4 Å². The summed E-state index contributed by atoms with van der Waals surface area (Å²) in [4.78, 5) is 57.6. The van der Waals surface area contributed by atoms with Gasteiger partial charge in [-0.15, -0.1) is 22.7 Å². The minimum atomic E-state index is -1.04. The number of aromatic carboxylic acids is 2. The van der Waals surface area contributed by atoms with E-state index in [4.69, 9.17) is 61.0 Å². The van der Waals surface area contributed by atoms with Crippen LogP contribution in [0.5, 0.6) is 0 Å². The van der Waals surface area contributed by atoms with E-state index in [1.54, 1.807) is 84.9 Å². The van der Waals surface area contributed by atoms with Gasteiger partial charge in [0.15, 0.2) is 0 Å². The summed E-state index contributed by atoms with van der Waals surface area (Å²) in [5.41, 5.74) is 8.39. The number of esters is 1. The normalized spacial score (nSPS) is 13.0. The van der Waals surface area contributed by atoms with Gasteiger partial charge in [0.25, 0.3) is 5.91 Å². The number of thiazole rings is 2. The fraction of sp³-hybridized carbons (Fsp3) is 0.115. The van der Waals surface area contributed by atoms with E-state index in [1.165, 1.54) is 41.9 Å². The first-order valence-corrected chi connectivity index (χ1v) is 24.3. The van der Waals surface area contributed by atoms with Gasteiger partial charge < -0.3 is 25.0 Å². The molecule has 0 radical (unpaired) electrons. The second-order valence-corrected chi connectivity index (χ2v) is 18.8. The molecule has 17 heteroatoms. The third-order valence-corrected chi connectivity index (χ3v) is 14.3. The zero-order valence-electron chi connectivity index (χ0n) is 36.2. The molecule has 0 aliphatic carbocycles. The summed E-state index contributed by atoms with van der Waals surface area (Å²) in [6.45, 7) is 1.22. The van der Waals surface area contributed by atoms with Gasteiger partial charge in [0.05, 0.1) is 61.4 Å². The van der Waals surface area contributed by atoms with Crippen molar-refractivity contribution in [1.29, 1.82) is 0 Å². The Balaban J connectivity index is 0.000000188. The lowest BCUT2D eigenvalue weighted by Gasteiger charge is -2.12. The van der Waals surface area contributed by atoms with Crippen LogP contribution in [0.2, 0.25) is 20.1 Å². The quantitative estimate of drug-likeness (QED) is 0.100. The number of carbonyl (C=O) groups is 4. The van der Waals surface area contributed by atoms with E-state index >= 15 is 0 Å². The van der Waals surface area contributed by atoms with Crippen LogP contribution in [0.4, 0.5) is 0 Å². The van der Waals surface area contributed by atoms with Crippen molar-refractivity contribution in [1.82, 2.24) is 15.3 Å². The van der Waals surface area contributed by atoms with Crippen molar-refractivity contribution in [3.63, 3.8) is 0 Å². The maximum Gasteiger partial charge on any atom is 0.338 e. The van der Waals surface area contributed by atoms with E-state index in [0.29, 0.717) is 70.6 Å². The average molecular weight is 1040 g/mol. The molecule has 1 amide bonds. The number of aromatic nitrogens is 2. The fourth-order valence-electron chi connectivity index (χ4n) is 7.41. The molecule has 1 fully saturated rings. The SMILES string of the molecule is COC(=O)c1cc(-c2nc(-c3ccc(Cl)c(Cl)c3)cs2)ccc1-c1ccc(C(=O)O)cc1.O=C(NCC1CCCO1)c1ccc(-c2ccc(-c3nc(-c4ccc(Cl)c(Cl)c4)cs3)cc2C(=O)O)cc1. The zero-order chi connectivity index (χ0) is 48.8.